The van der Waals surface area contributed by atoms with Crippen molar-refractivity contribution in [3.05, 3.63) is 34.1 Å². The van der Waals surface area contributed by atoms with Crippen LogP contribution in [0.4, 0.5) is 0 Å². The molecule has 0 amide bonds. The number of esters is 1. The maximum Gasteiger partial charge on any atom is 0.306 e. The number of aryl methyl sites for hydroxylation is 1. The number of nitrogens with zero attached hydrogens (tertiary/aromatic N) is 2. The first kappa shape index (κ1) is 15.7. The predicted molar refractivity (Wildman–Crippen MR) is 80.1 cm³/mol. The largest absolute Gasteiger partial charge is 0.453 e. The van der Waals surface area contributed by atoms with Crippen LogP contribution in [-0.2, 0) is 21.4 Å². The highest BCUT2D eigenvalue weighted by Crippen LogP contribution is 2.22. The SMILES string of the molecule is CC(OC(=O)CCc1ccsc1)c1nc(C(C)(C)C)no1. The molecule has 0 N–H and O–H groups in total. The molecule has 0 fully saturated rings. The van der Waals surface area contributed by atoms with E-state index in [0.29, 0.717) is 24.6 Å². The zero-order chi connectivity index (χ0) is 15.5. The van der Waals surface area contributed by atoms with Crippen molar-refractivity contribution in [3.63, 3.8) is 0 Å². The van der Waals surface area contributed by atoms with Crippen molar-refractivity contribution in [2.24, 2.45) is 0 Å². The second kappa shape index (κ2) is 6.39. The molecule has 0 spiro atoms. The average molecular weight is 308 g/mol. The molecule has 0 aliphatic heterocycles. The molecule has 114 valence electrons. The summed E-state index contributed by atoms with van der Waals surface area (Å²) >= 11 is 1.62. The molecule has 0 bridgehead atoms. The Kier molecular flexibility index (Phi) is 4.77. The molecule has 0 aliphatic carbocycles. The van der Waals surface area contributed by atoms with Crippen molar-refractivity contribution in [1.29, 1.82) is 0 Å². The van der Waals surface area contributed by atoms with E-state index in [4.69, 9.17) is 9.26 Å². The molecule has 2 aromatic heterocycles. The van der Waals surface area contributed by atoms with Crippen LogP contribution >= 0.6 is 11.3 Å². The minimum Gasteiger partial charge on any atom is -0.453 e. The van der Waals surface area contributed by atoms with Crippen LogP contribution in [0.2, 0.25) is 0 Å². The zero-order valence-corrected chi connectivity index (χ0v) is 13.6. The number of carbonyl (C=O) groups excluding carboxylic acids is 1. The van der Waals surface area contributed by atoms with Crippen molar-refractivity contribution in [2.75, 3.05) is 0 Å². The Morgan fingerprint density at radius 2 is 2.24 bits per heavy atom. The highest BCUT2D eigenvalue weighted by Gasteiger charge is 2.24. The highest BCUT2D eigenvalue weighted by molar-refractivity contribution is 7.07. The van der Waals surface area contributed by atoms with Crippen molar-refractivity contribution < 1.29 is 14.1 Å². The van der Waals surface area contributed by atoms with Crippen LogP contribution in [0.25, 0.3) is 0 Å². The lowest BCUT2D eigenvalue weighted by atomic mass is 9.96. The van der Waals surface area contributed by atoms with Crippen molar-refractivity contribution in [1.82, 2.24) is 10.1 Å². The summed E-state index contributed by atoms with van der Waals surface area (Å²) in [6.07, 6.45) is 0.511. The summed E-state index contributed by atoms with van der Waals surface area (Å²) < 4.78 is 10.5. The molecule has 0 aliphatic rings. The number of rotatable bonds is 5. The Morgan fingerprint density at radius 3 is 2.81 bits per heavy atom. The molecule has 1 atom stereocenters. The van der Waals surface area contributed by atoms with Gasteiger partial charge < -0.3 is 9.26 Å². The van der Waals surface area contributed by atoms with Gasteiger partial charge in [-0.2, -0.15) is 16.3 Å². The normalized spacial score (nSPS) is 13.1. The lowest BCUT2D eigenvalue weighted by molar-refractivity contribution is -0.149. The summed E-state index contributed by atoms with van der Waals surface area (Å²) in [6, 6.07) is 2.01. The van der Waals surface area contributed by atoms with Crippen LogP contribution in [0, 0.1) is 0 Å². The van der Waals surface area contributed by atoms with Crippen LogP contribution in [0.3, 0.4) is 0 Å². The minimum absolute atomic E-state index is 0.190. The molecule has 1 unspecified atom stereocenters. The quantitative estimate of drug-likeness (QED) is 0.789. The van der Waals surface area contributed by atoms with Crippen LogP contribution in [0.1, 0.15) is 57.5 Å². The summed E-state index contributed by atoms with van der Waals surface area (Å²) in [5.41, 5.74) is 0.960. The molecule has 0 saturated carbocycles. The van der Waals surface area contributed by atoms with Gasteiger partial charge >= 0.3 is 5.97 Å². The zero-order valence-electron chi connectivity index (χ0n) is 12.8. The molecule has 6 heteroatoms. The fourth-order valence-corrected chi connectivity index (χ4v) is 2.40. The van der Waals surface area contributed by atoms with E-state index in [9.17, 15) is 4.79 Å². The molecule has 0 aromatic carbocycles. The van der Waals surface area contributed by atoms with Gasteiger partial charge in [0.05, 0.1) is 0 Å². The molecule has 0 radical (unpaired) electrons. The minimum atomic E-state index is -0.524. The van der Waals surface area contributed by atoms with E-state index in [-0.39, 0.29) is 11.4 Å². The van der Waals surface area contributed by atoms with Gasteiger partial charge in [0.1, 0.15) is 0 Å². The molecule has 2 rings (SSSR count). The van der Waals surface area contributed by atoms with E-state index in [2.05, 4.69) is 10.1 Å². The maximum atomic E-state index is 11.8. The molecule has 21 heavy (non-hydrogen) atoms. The van der Waals surface area contributed by atoms with E-state index < -0.39 is 6.10 Å². The highest BCUT2D eigenvalue weighted by atomic mass is 32.1. The van der Waals surface area contributed by atoms with E-state index >= 15 is 0 Å². The van der Waals surface area contributed by atoms with E-state index in [0.717, 1.165) is 5.56 Å². The predicted octanol–water partition coefficient (Wildman–Crippen LogP) is 3.67. The van der Waals surface area contributed by atoms with Gasteiger partial charge in [0.2, 0.25) is 0 Å². The third-order valence-electron chi connectivity index (χ3n) is 2.97. The Labute approximate surface area is 128 Å². The fourth-order valence-electron chi connectivity index (χ4n) is 1.69. The lowest BCUT2D eigenvalue weighted by Crippen LogP contribution is -2.14. The Balaban J connectivity index is 1.87. The molecule has 0 saturated heterocycles. The van der Waals surface area contributed by atoms with Gasteiger partial charge in [0.15, 0.2) is 11.9 Å². The third-order valence-corrected chi connectivity index (χ3v) is 3.70. The summed E-state index contributed by atoms with van der Waals surface area (Å²) in [6.45, 7) is 7.74. The number of hydrogen-bond donors (Lipinski definition) is 0. The van der Waals surface area contributed by atoms with Gasteiger partial charge in [-0.05, 0) is 35.7 Å². The summed E-state index contributed by atoms with van der Waals surface area (Å²) in [7, 11) is 0. The summed E-state index contributed by atoms with van der Waals surface area (Å²) in [5, 5.41) is 7.95. The Bertz CT molecular complexity index is 584. The number of carbonyl (C=O) groups is 1. The van der Waals surface area contributed by atoms with E-state index in [1.165, 1.54) is 0 Å². The first-order valence-electron chi connectivity index (χ1n) is 6.91. The molecule has 2 heterocycles. The second-order valence-electron chi connectivity index (χ2n) is 5.97. The number of hydrogen-bond acceptors (Lipinski definition) is 6. The van der Waals surface area contributed by atoms with Gasteiger partial charge in [-0.15, -0.1) is 0 Å². The average Bonchev–Trinajstić information content (AvgIpc) is 3.07. The van der Waals surface area contributed by atoms with Gasteiger partial charge in [-0.3, -0.25) is 4.79 Å². The van der Waals surface area contributed by atoms with Gasteiger partial charge in [0.25, 0.3) is 5.89 Å². The summed E-state index contributed by atoms with van der Waals surface area (Å²) in [5.74, 6) is 0.687. The number of thiophene rings is 1. The van der Waals surface area contributed by atoms with E-state index in [1.54, 1.807) is 18.3 Å². The van der Waals surface area contributed by atoms with Crippen LogP contribution in [0.5, 0.6) is 0 Å². The van der Waals surface area contributed by atoms with Gasteiger partial charge in [0, 0.05) is 11.8 Å². The topological polar surface area (TPSA) is 65.2 Å². The van der Waals surface area contributed by atoms with Gasteiger partial charge in [-0.1, -0.05) is 25.9 Å². The number of aromatic nitrogens is 2. The first-order chi connectivity index (χ1) is 9.86. The summed E-state index contributed by atoms with van der Waals surface area (Å²) in [4.78, 5) is 16.1. The molecule has 5 nitrogen and oxygen atoms in total. The molecular formula is C15H20N2O3S. The van der Waals surface area contributed by atoms with E-state index in [1.807, 2.05) is 37.6 Å². The van der Waals surface area contributed by atoms with Crippen LogP contribution in [0.15, 0.2) is 21.3 Å². The molecule has 2 aromatic rings. The van der Waals surface area contributed by atoms with Crippen LogP contribution in [-0.4, -0.2) is 16.1 Å². The monoisotopic (exact) mass is 308 g/mol. The Morgan fingerprint density at radius 1 is 1.48 bits per heavy atom. The fraction of sp³-hybridized carbons (Fsp3) is 0.533. The van der Waals surface area contributed by atoms with Crippen molar-refractivity contribution in [3.8, 4) is 0 Å². The lowest BCUT2D eigenvalue weighted by Gasteiger charge is -2.11. The maximum absolute atomic E-state index is 11.8. The van der Waals surface area contributed by atoms with Crippen molar-refractivity contribution in [2.45, 2.75) is 52.1 Å². The second-order valence-corrected chi connectivity index (χ2v) is 6.75. The first-order valence-corrected chi connectivity index (χ1v) is 7.85. The third kappa shape index (κ3) is 4.39. The Hall–Kier alpha value is -1.69. The molecular weight excluding hydrogens is 288 g/mol. The standard InChI is InChI=1S/C15H20N2O3S/c1-10(13-16-14(17-20-13)15(2,3)4)19-12(18)6-5-11-7-8-21-9-11/h7-10H,5-6H2,1-4H3. The van der Waals surface area contributed by atoms with Crippen molar-refractivity contribution >= 4 is 17.3 Å². The number of ether oxygens (including phenoxy) is 1. The smallest absolute Gasteiger partial charge is 0.306 e. The van der Waals surface area contributed by atoms with Gasteiger partial charge in [-0.25, -0.2) is 0 Å². The van der Waals surface area contributed by atoms with Crippen LogP contribution < -0.4 is 0 Å².